The van der Waals surface area contributed by atoms with E-state index in [0.717, 1.165) is 34.4 Å². The Morgan fingerprint density at radius 3 is 2.83 bits per heavy atom. The predicted octanol–water partition coefficient (Wildman–Crippen LogP) is 3.79. The van der Waals surface area contributed by atoms with Gasteiger partial charge in [0.25, 0.3) is 5.56 Å². The van der Waals surface area contributed by atoms with E-state index in [1.807, 2.05) is 24.3 Å². The molecule has 0 aliphatic heterocycles. The molecule has 1 atom stereocenters. The van der Waals surface area contributed by atoms with Crippen LogP contribution in [0.25, 0.3) is 21.6 Å². The molecule has 4 nitrogen and oxygen atoms in total. The number of nitrogens with zero attached hydrogens (tertiary/aromatic N) is 1. The Morgan fingerprint density at radius 1 is 1.30 bits per heavy atom. The first-order chi connectivity index (χ1) is 11.2. The summed E-state index contributed by atoms with van der Waals surface area (Å²) in [5.74, 6) is 2.05. The van der Waals surface area contributed by atoms with Gasteiger partial charge in [0.1, 0.15) is 16.4 Å². The molecule has 2 aromatic heterocycles. The first-order valence-electron chi connectivity index (χ1n) is 7.84. The van der Waals surface area contributed by atoms with Crippen LogP contribution < -0.4 is 10.3 Å². The highest BCUT2D eigenvalue weighted by atomic mass is 32.1. The normalized spacial score (nSPS) is 17.2. The van der Waals surface area contributed by atoms with Crippen LogP contribution in [0.1, 0.15) is 23.8 Å². The van der Waals surface area contributed by atoms with E-state index >= 15 is 0 Å². The molecule has 118 valence electrons. The summed E-state index contributed by atoms with van der Waals surface area (Å²) in [6, 6.07) is 7.58. The second-order valence-electron chi connectivity index (χ2n) is 6.17. The number of hydrogen-bond acceptors (Lipinski definition) is 4. The molecule has 3 aromatic rings. The highest BCUT2D eigenvalue weighted by Crippen LogP contribution is 2.36. The van der Waals surface area contributed by atoms with Gasteiger partial charge in [0.15, 0.2) is 0 Å². The van der Waals surface area contributed by atoms with E-state index in [-0.39, 0.29) is 5.56 Å². The first-order valence-corrected chi connectivity index (χ1v) is 8.66. The van der Waals surface area contributed by atoms with Gasteiger partial charge < -0.3 is 9.72 Å². The minimum atomic E-state index is -0.0209. The van der Waals surface area contributed by atoms with Gasteiger partial charge in [-0.15, -0.1) is 11.3 Å². The number of aromatic amines is 1. The Kier molecular flexibility index (Phi) is 3.45. The summed E-state index contributed by atoms with van der Waals surface area (Å²) >= 11 is 1.68. The van der Waals surface area contributed by atoms with Crippen molar-refractivity contribution in [1.82, 2.24) is 9.97 Å². The molecular formula is C18H18N2O2S. The number of thiophene rings is 1. The predicted molar refractivity (Wildman–Crippen MR) is 93.4 cm³/mol. The summed E-state index contributed by atoms with van der Waals surface area (Å²) in [5.41, 5.74) is 2.09. The average molecular weight is 326 g/mol. The van der Waals surface area contributed by atoms with Gasteiger partial charge in [-0.1, -0.05) is 6.92 Å². The zero-order valence-corrected chi connectivity index (χ0v) is 14.0. The number of aromatic nitrogens is 2. The van der Waals surface area contributed by atoms with E-state index < -0.39 is 0 Å². The van der Waals surface area contributed by atoms with Gasteiger partial charge in [-0.3, -0.25) is 4.79 Å². The molecule has 0 amide bonds. The lowest BCUT2D eigenvalue weighted by atomic mass is 9.89. The number of benzene rings is 1. The molecule has 1 aliphatic carbocycles. The van der Waals surface area contributed by atoms with Gasteiger partial charge in [-0.05, 0) is 55.0 Å². The van der Waals surface area contributed by atoms with Crippen LogP contribution in [0.5, 0.6) is 5.75 Å². The first kappa shape index (κ1) is 14.5. The number of nitrogens with one attached hydrogen (secondary N) is 1. The summed E-state index contributed by atoms with van der Waals surface area (Å²) in [6.45, 7) is 2.25. The Balaban J connectivity index is 1.85. The highest BCUT2D eigenvalue weighted by Gasteiger charge is 2.23. The lowest BCUT2D eigenvalue weighted by Crippen LogP contribution is -2.14. The molecule has 1 aliphatic rings. The number of H-pyrrole nitrogens is 1. The van der Waals surface area contributed by atoms with Crippen molar-refractivity contribution >= 4 is 21.6 Å². The molecule has 0 saturated carbocycles. The zero-order chi connectivity index (χ0) is 16.0. The zero-order valence-electron chi connectivity index (χ0n) is 13.2. The van der Waals surface area contributed by atoms with Crippen molar-refractivity contribution in [1.29, 1.82) is 0 Å². The minimum absolute atomic E-state index is 0.0209. The molecule has 0 fully saturated rings. The van der Waals surface area contributed by atoms with Crippen LogP contribution in [-0.2, 0) is 12.8 Å². The third kappa shape index (κ3) is 2.45. The fourth-order valence-corrected chi connectivity index (χ4v) is 4.46. The molecule has 0 spiro atoms. The molecule has 23 heavy (non-hydrogen) atoms. The number of rotatable bonds is 2. The van der Waals surface area contributed by atoms with E-state index in [1.165, 1.54) is 16.9 Å². The number of methoxy groups -OCH3 is 1. The van der Waals surface area contributed by atoms with Crippen molar-refractivity contribution in [2.75, 3.05) is 7.11 Å². The number of hydrogen-bond donors (Lipinski definition) is 1. The van der Waals surface area contributed by atoms with Crippen LogP contribution in [0.2, 0.25) is 0 Å². The van der Waals surface area contributed by atoms with Gasteiger partial charge in [0.05, 0.1) is 12.5 Å². The summed E-state index contributed by atoms with van der Waals surface area (Å²) < 4.78 is 5.17. The van der Waals surface area contributed by atoms with Crippen molar-refractivity contribution in [3.05, 3.63) is 45.1 Å². The molecule has 5 heteroatoms. The fraction of sp³-hybridized carbons (Fsp3) is 0.333. The van der Waals surface area contributed by atoms with Crippen molar-refractivity contribution in [2.24, 2.45) is 5.92 Å². The largest absolute Gasteiger partial charge is 0.497 e. The molecule has 1 aromatic carbocycles. The summed E-state index contributed by atoms with van der Waals surface area (Å²) in [4.78, 5) is 22.5. The summed E-state index contributed by atoms with van der Waals surface area (Å²) in [6.07, 6.45) is 3.25. The van der Waals surface area contributed by atoms with Crippen LogP contribution in [0.15, 0.2) is 29.1 Å². The summed E-state index contributed by atoms with van der Waals surface area (Å²) in [5, 5.41) is 0.800. The lowest BCUT2D eigenvalue weighted by Gasteiger charge is -2.17. The molecule has 0 unspecified atom stereocenters. The van der Waals surface area contributed by atoms with Gasteiger partial charge in [0.2, 0.25) is 0 Å². The fourth-order valence-electron chi connectivity index (χ4n) is 3.24. The Hall–Kier alpha value is -2.14. The second kappa shape index (κ2) is 5.49. The maximum absolute atomic E-state index is 12.6. The number of ether oxygens (including phenoxy) is 1. The van der Waals surface area contributed by atoms with E-state index in [0.29, 0.717) is 11.7 Å². The maximum atomic E-state index is 12.6. The van der Waals surface area contributed by atoms with Crippen molar-refractivity contribution in [3.8, 4) is 17.1 Å². The van der Waals surface area contributed by atoms with Crippen LogP contribution in [0.4, 0.5) is 0 Å². The van der Waals surface area contributed by atoms with E-state index in [4.69, 9.17) is 9.72 Å². The second-order valence-corrected chi connectivity index (χ2v) is 7.26. The molecule has 2 heterocycles. The minimum Gasteiger partial charge on any atom is -0.497 e. The molecule has 0 saturated heterocycles. The maximum Gasteiger partial charge on any atom is 0.260 e. The number of aryl methyl sites for hydroxylation is 1. The van der Waals surface area contributed by atoms with E-state index in [9.17, 15) is 4.79 Å². The number of fused-ring (bicyclic) bond motifs is 3. The molecule has 0 bridgehead atoms. The van der Waals surface area contributed by atoms with Crippen LogP contribution in [0.3, 0.4) is 0 Å². The average Bonchev–Trinajstić information content (AvgIpc) is 2.93. The third-order valence-electron chi connectivity index (χ3n) is 4.52. The van der Waals surface area contributed by atoms with E-state index in [1.54, 1.807) is 18.4 Å². The SMILES string of the molecule is COc1ccc(-c2nc3sc4c(c3c(=O)[nH]2)C[C@H](C)CC4)cc1. The van der Waals surface area contributed by atoms with Crippen molar-refractivity contribution in [2.45, 2.75) is 26.2 Å². The van der Waals surface area contributed by atoms with Gasteiger partial charge in [0, 0.05) is 10.4 Å². The Labute approximate surface area is 138 Å². The highest BCUT2D eigenvalue weighted by molar-refractivity contribution is 7.18. The lowest BCUT2D eigenvalue weighted by molar-refractivity contribution is 0.415. The van der Waals surface area contributed by atoms with Crippen molar-refractivity contribution < 1.29 is 4.74 Å². The monoisotopic (exact) mass is 326 g/mol. The topological polar surface area (TPSA) is 55.0 Å². The quantitative estimate of drug-likeness (QED) is 0.779. The molecule has 4 rings (SSSR count). The molecular weight excluding hydrogens is 308 g/mol. The standard InChI is InChI=1S/C18H18N2O2S/c1-10-3-8-14-13(9-10)15-17(21)19-16(20-18(15)23-14)11-4-6-12(22-2)7-5-11/h4-7,10H,3,8-9H2,1-2H3,(H,19,20,21)/t10-/m1/s1. The third-order valence-corrected chi connectivity index (χ3v) is 5.71. The smallest absolute Gasteiger partial charge is 0.260 e. The molecule has 1 N–H and O–H groups in total. The van der Waals surface area contributed by atoms with Gasteiger partial charge in [-0.25, -0.2) is 4.98 Å². The molecule has 0 radical (unpaired) electrons. The van der Waals surface area contributed by atoms with E-state index in [2.05, 4.69) is 11.9 Å². The van der Waals surface area contributed by atoms with Crippen LogP contribution in [0, 0.1) is 5.92 Å². The Bertz CT molecular complexity index is 925. The van der Waals surface area contributed by atoms with Gasteiger partial charge in [-0.2, -0.15) is 0 Å². The summed E-state index contributed by atoms with van der Waals surface area (Å²) in [7, 11) is 1.64. The van der Waals surface area contributed by atoms with Crippen molar-refractivity contribution in [3.63, 3.8) is 0 Å². The van der Waals surface area contributed by atoms with Crippen LogP contribution in [-0.4, -0.2) is 17.1 Å². The van der Waals surface area contributed by atoms with Crippen LogP contribution >= 0.6 is 11.3 Å². The Morgan fingerprint density at radius 2 is 2.09 bits per heavy atom. The van der Waals surface area contributed by atoms with Gasteiger partial charge >= 0.3 is 0 Å².